The average molecular weight is 1090 g/mol. The fraction of sp³-hybridized carbons (Fsp3) is 0.963. The molecule has 0 radical (unpaired) electrons. The molecule has 1 spiro atoms. The van der Waals surface area contributed by atoms with Gasteiger partial charge in [-0.25, -0.2) is 0 Å². The number of hydrogen-bond acceptors (Lipinski definition) is 22. The van der Waals surface area contributed by atoms with E-state index >= 15 is 0 Å². The first-order valence-electron chi connectivity index (χ1n) is 27.8. The van der Waals surface area contributed by atoms with Gasteiger partial charge < -0.3 is 109 Å². The van der Waals surface area contributed by atoms with Crippen molar-refractivity contribution < 1.29 is 109 Å². The molecular formula is C54H88O22. The van der Waals surface area contributed by atoms with Gasteiger partial charge in [0.05, 0.1) is 56.4 Å². The molecule has 22 heteroatoms. The van der Waals surface area contributed by atoms with Gasteiger partial charge in [0.1, 0.15) is 85.5 Å². The summed E-state index contributed by atoms with van der Waals surface area (Å²) in [4.78, 5) is 0. The Hall–Kier alpha value is -1.14. The van der Waals surface area contributed by atoms with Gasteiger partial charge in [0.15, 0.2) is 25.2 Å². The van der Waals surface area contributed by atoms with Crippen molar-refractivity contribution in [1.29, 1.82) is 0 Å². The van der Waals surface area contributed by atoms with E-state index in [1.807, 2.05) is 6.92 Å². The monoisotopic (exact) mass is 1090 g/mol. The van der Waals surface area contributed by atoms with Crippen molar-refractivity contribution in [3.8, 4) is 0 Å². The lowest BCUT2D eigenvalue weighted by molar-refractivity contribution is -0.403. The highest BCUT2D eigenvalue weighted by atomic mass is 16.8. The molecule has 2 bridgehead atoms. The molecule has 5 aliphatic carbocycles. The van der Waals surface area contributed by atoms with E-state index in [1.165, 1.54) is 13.8 Å². The van der Waals surface area contributed by atoms with E-state index in [0.29, 0.717) is 32.3 Å². The lowest BCUT2D eigenvalue weighted by Gasteiger charge is -2.73. The minimum atomic E-state index is -2.01. The minimum absolute atomic E-state index is 0.0242. The van der Waals surface area contributed by atoms with E-state index in [-0.39, 0.29) is 46.0 Å². The molecular weight excluding hydrogens is 1000 g/mol. The van der Waals surface area contributed by atoms with Crippen molar-refractivity contribution in [3.05, 3.63) is 12.2 Å². The van der Waals surface area contributed by atoms with Crippen molar-refractivity contribution in [2.24, 2.45) is 50.2 Å². The number of aliphatic hydroxyl groups excluding tert-OH is 13. The smallest absolute Gasteiger partial charge is 0.187 e. The van der Waals surface area contributed by atoms with E-state index in [1.54, 1.807) is 0 Å². The summed E-state index contributed by atoms with van der Waals surface area (Å²) in [6.07, 6.45) is -23.4. The zero-order chi connectivity index (χ0) is 55.2. The predicted molar refractivity (Wildman–Crippen MR) is 261 cm³/mol. The van der Waals surface area contributed by atoms with Crippen molar-refractivity contribution >= 4 is 0 Å². The number of fused-ring (bicyclic) bond motifs is 4. The van der Waals surface area contributed by atoms with Gasteiger partial charge in [-0.15, -0.1) is 0 Å². The number of allylic oxidation sites excluding steroid dienone is 1. The third-order valence-corrected chi connectivity index (χ3v) is 22.1. The van der Waals surface area contributed by atoms with Gasteiger partial charge in [-0.2, -0.15) is 0 Å². The fourth-order valence-corrected chi connectivity index (χ4v) is 17.2. The Labute approximate surface area is 444 Å². The average Bonchev–Trinajstić information content (AvgIpc) is 3.89. The summed E-state index contributed by atoms with van der Waals surface area (Å²) in [7, 11) is 0. The van der Waals surface area contributed by atoms with Crippen LogP contribution in [0.3, 0.4) is 0 Å². The molecule has 9 fully saturated rings. The molecule has 5 aliphatic heterocycles. The molecule has 4 saturated carbocycles. The first-order valence-corrected chi connectivity index (χ1v) is 27.8. The van der Waals surface area contributed by atoms with Crippen LogP contribution in [0.5, 0.6) is 0 Å². The summed E-state index contributed by atoms with van der Waals surface area (Å²) in [6, 6.07) is 0. The van der Waals surface area contributed by atoms with Crippen LogP contribution in [0.1, 0.15) is 107 Å². The second-order valence-corrected chi connectivity index (χ2v) is 26.6. The normalized spacial score (nSPS) is 58.7. The van der Waals surface area contributed by atoms with Gasteiger partial charge in [0, 0.05) is 22.2 Å². The quantitative estimate of drug-likeness (QED) is 0.0823. The van der Waals surface area contributed by atoms with Crippen LogP contribution < -0.4 is 0 Å². The van der Waals surface area contributed by atoms with E-state index in [4.69, 9.17) is 42.6 Å². The van der Waals surface area contributed by atoms with Crippen LogP contribution in [0, 0.1) is 50.2 Å². The largest absolute Gasteiger partial charge is 0.396 e. The highest BCUT2D eigenvalue weighted by Gasteiger charge is 2.79. The summed E-state index contributed by atoms with van der Waals surface area (Å²) in [5.74, 6) is 0.0584. The Morgan fingerprint density at radius 2 is 1.11 bits per heavy atom. The Balaban J connectivity index is 0.936. The highest BCUT2D eigenvalue weighted by molar-refractivity contribution is 5.36. The van der Waals surface area contributed by atoms with E-state index in [9.17, 15) is 66.4 Å². The molecule has 13 N–H and O–H groups in total. The number of hydrogen-bond donors (Lipinski definition) is 13. The van der Waals surface area contributed by atoms with Gasteiger partial charge in [-0.3, -0.25) is 0 Å². The first-order chi connectivity index (χ1) is 35.6. The zero-order valence-corrected chi connectivity index (χ0v) is 45.1. The highest BCUT2D eigenvalue weighted by Crippen LogP contribution is 2.79. The van der Waals surface area contributed by atoms with Crippen molar-refractivity contribution in [1.82, 2.24) is 0 Å². The maximum Gasteiger partial charge on any atom is 0.187 e. The van der Waals surface area contributed by atoms with Gasteiger partial charge in [0.2, 0.25) is 0 Å². The summed E-state index contributed by atoms with van der Waals surface area (Å²) in [6.45, 7) is 15.2. The summed E-state index contributed by atoms with van der Waals surface area (Å²) < 4.78 is 56.5. The van der Waals surface area contributed by atoms with Crippen LogP contribution in [0.25, 0.3) is 0 Å². The SMILES string of the molecule is C[C@@H]1O[C@@H](O[C@H]2[C@H](O)[C@@H](O)[C@H](O[C@H]3[C@@H](O)[C@@H](C)O[C@@H](O[C@H]4CC[C@@]5(C)[C@@H](CC[C@]6(C)[C@@H]5C=C[C@]57OC[C@@]8(CCC(C)(C)C[C@H]85)[C@@H](O)C[C@]76C)[C@]4(C)CO)[C@@H]3O[C@@H]3O[C@H](CO)[C@@H](O)[C@H](O)[C@H]3O)O[C@@H]2CO)[C@H](O)[C@H](O)[C@H]1O. The molecule has 5 saturated heterocycles. The maximum atomic E-state index is 12.3. The topological polar surface area (TPSA) is 346 Å². The van der Waals surface area contributed by atoms with Crippen molar-refractivity contribution in [3.63, 3.8) is 0 Å². The Kier molecular flexibility index (Phi) is 15.5. The molecule has 10 rings (SSSR count). The Morgan fingerprint density at radius 3 is 1.76 bits per heavy atom. The van der Waals surface area contributed by atoms with Crippen LogP contribution in [0.2, 0.25) is 0 Å². The second kappa shape index (κ2) is 20.3. The molecule has 0 unspecified atom stereocenters. The number of rotatable bonds is 11. The lowest BCUT2D eigenvalue weighted by atomic mass is 9.32. The van der Waals surface area contributed by atoms with Gasteiger partial charge in [0.25, 0.3) is 0 Å². The fourth-order valence-electron chi connectivity index (χ4n) is 17.2. The van der Waals surface area contributed by atoms with E-state index < -0.39 is 165 Å². The molecule has 76 heavy (non-hydrogen) atoms. The summed E-state index contributed by atoms with van der Waals surface area (Å²) in [5, 5.41) is 144. The zero-order valence-electron chi connectivity index (χ0n) is 45.1. The van der Waals surface area contributed by atoms with Crippen LogP contribution in [0.15, 0.2) is 12.2 Å². The molecule has 0 aromatic rings. The molecule has 5 heterocycles. The number of aliphatic hydroxyl groups is 13. The molecule has 0 aromatic carbocycles. The standard InChI is InChI=1S/C54H88O22/c1-23-32(59)35(62)38(65)44(69-23)74-41-26(20-56)72-46(40(67)37(41)64)75-42-33(60)24(2)70-47(43(42)76-45-39(66)36(63)34(61)25(19-55)71-45)73-31-11-12-49(5)27(50(31,6)21-57)9-13-51(7)28(49)10-14-54-29-17-48(3,4)15-16-53(29,22-68-54)30(58)18-52(51,54)8/h10,14,23-47,55-67H,9,11-13,15-22H2,1-8H3/t23-,24+,25+,26+,27+,28+,29+,30-,31-,32-,33-,34+,35+,36-,37+,38+,39+,40+,41+,42-,43+,44-,45-,46-,47-,49-,50-,51+,52-,53+,54-/m0/s1. The van der Waals surface area contributed by atoms with Crippen LogP contribution in [-0.4, -0.2) is 233 Å². The maximum absolute atomic E-state index is 12.3. The molecule has 10 aliphatic rings. The van der Waals surface area contributed by atoms with Crippen LogP contribution in [0.4, 0.5) is 0 Å². The molecule has 436 valence electrons. The number of ether oxygens (including phenoxy) is 9. The lowest BCUT2D eigenvalue weighted by Crippen LogP contribution is -2.72. The Bertz CT molecular complexity index is 2100. The summed E-state index contributed by atoms with van der Waals surface area (Å²) >= 11 is 0. The molecule has 31 atom stereocenters. The molecule has 0 amide bonds. The van der Waals surface area contributed by atoms with Gasteiger partial charge >= 0.3 is 0 Å². The molecule has 22 nitrogen and oxygen atoms in total. The van der Waals surface area contributed by atoms with Crippen LogP contribution >= 0.6 is 0 Å². The van der Waals surface area contributed by atoms with Crippen molar-refractivity contribution in [2.45, 2.75) is 247 Å². The second-order valence-electron chi connectivity index (χ2n) is 26.6. The van der Waals surface area contributed by atoms with Crippen molar-refractivity contribution in [2.75, 3.05) is 26.4 Å². The first kappa shape index (κ1) is 58.1. The minimum Gasteiger partial charge on any atom is -0.396 e. The van der Waals surface area contributed by atoms with Crippen LogP contribution in [-0.2, 0) is 42.6 Å². The van der Waals surface area contributed by atoms with Gasteiger partial charge in [-0.1, -0.05) is 53.7 Å². The third kappa shape index (κ3) is 8.54. The van der Waals surface area contributed by atoms with E-state index in [0.717, 1.165) is 25.7 Å². The van der Waals surface area contributed by atoms with E-state index in [2.05, 4.69) is 46.8 Å². The Morgan fingerprint density at radius 1 is 0.526 bits per heavy atom. The predicted octanol–water partition coefficient (Wildman–Crippen LogP) is -1.55. The molecule has 0 aromatic heterocycles. The third-order valence-electron chi connectivity index (χ3n) is 22.1. The van der Waals surface area contributed by atoms with Gasteiger partial charge in [-0.05, 0) is 93.3 Å². The summed E-state index contributed by atoms with van der Waals surface area (Å²) in [5.41, 5.74) is -2.77.